The van der Waals surface area contributed by atoms with Crippen LogP contribution in [0.4, 0.5) is 15.2 Å². The average Bonchev–Trinajstić information content (AvgIpc) is 2.82. The molecule has 0 aliphatic heterocycles. The molecule has 0 aliphatic rings. The molecule has 0 spiro atoms. The van der Waals surface area contributed by atoms with Crippen LogP contribution in [0.3, 0.4) is 0 Å². The Balaban J connectivity index is 2.29. The average molecular weight is 266 g/mol. The third-order valence-electron chi connectivity index (χ3n) is 2.61. The van der Waals surface area contributed by atoms with Crippen molar-refractivity contribution in [2.24, 2.45) is 0 Å². The van der Waals surface area contributed by atoms with Gasteiger partial charge < -0.3 is 10.0 Å². The molecule has 1 N–H and O–H groups in total. The molecule has 0 fully saturated rings. The summed E-state index contributed by atoms with van der Waals surface area (Å²) >= 11 is 1.44. The first-order chi connectivity index (χ1) is 8.61. The van der Waals surface area contributed by atoms with Gasteiger partial charge in [0.2, 0.25) is 0 Å². The summed E-state index contributed by atoms with van der Waals surface area (Å²) in [5.41, 5.74) is 0.894. The number of aliphatic hydroxyl groups is 1. The van der Waals surface area contributed by atoms with Gasteiger partial charge in [-0.05, 0) is 38.1 Å². The van der Waals surface area contributed by atoms with E-state index in [1.165, 1.54) is 23.5 Å². The molecule has 1 aromatic heterocycles. The number of aromatic nitrogens is 1. The molecule has 0 saturated carbocycles. The van der Waals surface area contributed by atoms with Gasteiger partial charge in [-0.1, -0.05) is 11.3 Å². The summed E-state index contributed by atoms with van der Waals surface area (Å²) in [5, 5.41) is 10.3. The fourth-order valence-electron chi connectivity index (χ4n) is 1.64. The minimum Gasteiger partial charge on any atom is -0.388 e. The highest BCUT2D eigenvalue weighted by Crippen LogP contribution is 2.31. The molecule has 0 aliphatic carbocycles. The van der Waals surface area contributed by atoms with Crippen molar-refractivity contribution in [2.45, 2.75) is 20.0 Å². The fourth-order valence-corrected chi connectivity index (χ4v) is 2.58. The Bertz CT molecular complexity index is 510. The van der Waals surface area contributed by atoms with Crippen LogP contribution in [0.5, 0.6) is 0 Å². The lowest BCUT2D eigenvalue weighted by molar-refractivity contribution is 0.203. The predicted octanol–water partition coefficient (Wildman–Crippen LogP) is 3.49. The van der Waals surface area contributed by atoms with Gasteiger partial charge in [-0.15, -0.1) is 0 Å². The van der Waals surface area contributed by atoms with Gasteiger partial charge in [0, 0.05) is 18.4 Å². The first kappa shape index (κ1) is 13.0. The van der Waals surface area contributed by atoms with Crippen LogP contribution in [0.1, 0.15) is 24.8 Å². The van der Waals surface area contributed by atoms with Gasteiger partial charge >= 0.3 is 0 Å². The van der Waals surface area contributed by atoms with Gasteiger partial charge in [0.25, 0.3) is 0 Å². The largest absolute Gasteiger partial charge is 0.388 e. The molecule has 1 heterocycles. The topological polar surface area (TPSA) is 36.4 Å². The minimum atomic E-state index is -0.511. The molecule has 1 aromatic carbocycles. The standard InChI is InChI=1S/C13H15FN2OS/c1-3-16(11-6-4-10(14)5-7-11)13-15-8-12(18-13)9(2)17/h4-9,17H,3H2,1-2H3. The van der Waals surface area contributed by atoms with Gasteiger partial charge in [-0.25, -0.2) is 9.37 Å². The van der Waals surface area contributed by atoms with E-state index in [9.17, 15) is 9.50 Å². The van der Waals surface area contributed by atoms with Crippen LogP contribution in [0, 0.1) is 5.82 Å². The zero-order chi connectivity index (χ0) is 13.1. The first-order valence-electron chi connectivity index (χ1n) is 5.78. The molecule has 1 atom stereocenters. The third kappa shape index (κ3) is 2.68. The summed E-state index contributed by atoms with van der Waals surface area (Å²) in [6, 6.07) is 6.31. The highest BCUT2D eigenvalue weighted by atomic mass is 32.1. The van der Waals surface area contributed by atoms with Crippen LogP contribution in [0.15, 0.2) is 30.5 Å². The van der Waals surface area contributed by atoms with Crippen molar-refractivity contribution in [3.05, 3.63) is 41.2 Å². The van der Waals surface area contributed by atoms with Crippen molar-refractivity contribution < 1.29 is 9.50 Å². The van der Waals surface area contributed by atoms with Crippen LogP contribution < -0.4 is 4.90 Å². The minimum absolute atomic E-state index is 0.251. The second kappa shape index (κ2) is 5.46. The third-order valence-corrected chi connectivity index (χ3v) is 3.80. The van der Waals surface area contributed by atoms with Crippen LogP contribution in [0.25, 0.3) is 0 Å². The molecule has 2 rings (SSSR count). The van der Waals surface area contributed by atoms with Gasteiger partial charge in [0.15, 0.2) is 5.13 Å². The van der Waals surface area contributed by atoms with E-state index in [0.717, 1.165) is 22.2 Å². The SMILES string of the molecule is CCN(c1ccc(F)cc1)c1ncc(C(C)O)s1. The Morgan fingerprint density at radius 1 is 1.39 bits per heavy atom. The molecule has 0 saturated heterocycles. The lowest BCUT2D eigenvalue weighted by Gasteiger charge is -2.19. The molecule has 18 heavy (non-hydrogen) atoms. The second-order valence-electron chi connectivity index (χ2n) is 3.94. The van der Waals surface area contributed by atoms with E-state index in [1.807, 2.05) is 11.8 Å². The van der Waals surface area contributed by atoms with Crippen molar-refractivity contribution in [2.75, 3.05) is 11.4 Å². The fraction of sp³-hybridized carbons (Fsp3) is 0.308. The molecule has 0 bridgehead atoms. The number of aliphatic hydroxyl groups excluding tert-OH is 1. The molecule has 3 nitrogen and oxygen atoms in total. The molecule has 96 valence electrons. The van der Waals surface area contributed by atoms with Crippen LogP contribution in [0.2, 0.25) is 0 Å². The number of thiazole rings is 1. The Morgan fingerprint density at radius 2 is 2.06 bits per heavy atom. The smallest absolute Gasteiger partial charge is 0.190 e. The molecular formula is C13H15FN2OS. The number of hydrogen-bond acceptors (Lipinski definition) is 4. The number of nitrogens with zero attached hydrogens (tertiary/aromatic N) is 2. The quantitative estimate of drug-likeness (QED) is 0.920. The number of benzene rings is 1. The number of halogens is 1. The normalized spacial score (nSPS) is 12.4. The summed E-state index contributed by atoms with van der Waals surface area (Å²) in [6.45, 7) is 4.46. The highest BCUT2D eigenvalue weighted by Gasteiger charge is 2.13. The Morgan fingerprint density at radius 3 is 2.56 bits per heavy atom. The van der Waals surface area contributed by atoms with Crippen molar-refractivity contribution in [3.8, 4) is 0 Å². The summed E-state index contributed by atoms with van der Waals surface area (Å²) in [5.74, 6) is -0.251. The van der Waals surface area contributed by atoms with Crippen molar-refractivity contribution in [1.82, 2.24) is 4.98 Å². The van der Waals surface area contributed by atoms with Crippen LogP contribution in [-0.2, 0) is 0 Å². The zero-order valence-corrected chi connectivity index (χ0v) is 11.1. The van der Waals surface area contributed by atoms with E-state index in [1.54, 1.807) is 25.3 Å². The summed E-state index contributed by atoms with van der Waals surface area (Å²) in [7, 11) is 0. The van der Waals surface area contributed by atoms with Gasteiger partial charge in [-0.2, -0.15) is 0 Å². The Hall–Kier alpha value is -1.46. The molecule has 0 radical (unpaired) electrons. The van der Waals surface area contributed by atoms with E-state index in [-0.39, 0.29) is 5.82 Å². The van der Waals surface area contributed by atoms with E-state index in [2.05, 4.69) is 4.98 Å². The van der Waals surface area contributed by atoms with Gasteiger partial charge in [0.05, 0.1) is 11.0 Å². The molecule has 2 aromatic rings. The predicted molar refractivity (Wildman–Crippen MR) is 71.8 cm³/mol. The summed E-state index contributed by atoms with van der Waals surface area (Å²) in [4.78, 5) is 7.10. The summed E-state index contributed by atoms with van der Waals surface area (Å²) < 4.78 is 12.9. The van der Waals surface area contributed by atoms with E-state index in [4.69, 9.17) is 0 Å². The Labute approximate surface area is 110 Å². The van der Waals surface area contributed by atoms with Gasteiger partial charge in [0.1, 0.15) is 5.82 Å². The Kier molecular flexibility index (Phi) is 3.93. The number of hydrogen-bond donors (Lipinski definition) is 1. The lowest BCUT2D eigenvalue weighted by Crippen LogP contribution is -2.15. The second-order valence-corrected chi connectivity index (χ2v) is 4.98. The van der Waals surface area contributed by atoms with Crippen molar-refractivity contribution >= 4 is 22.2 Å². The highest BCUT2D eigenvalue weighted by molar-refractivity contribution is 7.15. The lowest BCUT2D eigenvalue weighted by atomic mass is 10.3. The van der Waals surface area contributed by atoms with E-state index >= 15 is 0 Å². The monoisotopic (exact) mass is 266 g/mol. The van der Waals surface area contributed by atoms with Crippen LogP contribution in [-0.4, -0.2) is 16.6 Å². The molecule has 1 unspecified atom stereocenters. The molecule has 5 heteroatoms. The van der Waals surface area contributed by atoms with E-state index in [0.29, 0.717) is 0 Å². The summed E-state index contributed by atoms with van der Waals surface area (Å²) in [6.07, 6.45) is 1.17. The van der Waals surface area contributed by atoms with Crippen molar-refractivity contribution in [1.29, 1.82) is 0 Å². The van der Waals surface area contributed by atoms with Gasteiger partial charge in [-0.3, -0.25) is 0 Å². The maximum Gasteiger partial charge on any atom is 0.190 e. The first-order valence-corrected chi connectivity index (χ1v) is 6.60. The number of anilines is 2. The number of rotatable bonds is 4. The van der Waals surface area contributed by atoms with Crippen molar-refractivity contribution in [3.63, 3.8) is 0 Å². The van der Waals surface area contributed by atoms with E-state index < -0.39 is 6.10 Å². The maximum absolute atomic E-state index is 12.9. The maximum atomic E-state index is 12.9. The van der Waals surface area contributed by atoms with Crippen LogP contribution >= 0.6 is 11.3 Å². The zero-order valence-electron chi connectivity index (χ0n) is 10.3. The molecule has 0 amide bonds. The molecular weight excluding hydrogens is 251 g/mol.